The minimum atomic E-state index is -0.735. The third kappa shape index (κ3) is 4.43. The van der Waals surface area contributed by atoms with Crippen LogP contribution in [0.5, 0.6) is 0 Å². The van der Waals surface area contributed by atoms with E-state index in [4.69, 9.17) is 0 Å². The molecule has 0 spiro atoms. The molecule has 0 aliphatic rings. The van der Waals surface area contributed by atoms with Gasteiger partial charge >= 0.3 is 0 Å². The third-order valence-corrected chi connectivity index (χ3v) is 2.43. The number of halogens is 1. The summed E-state index contributed by atoms with van der Waals surface area (Å²) in [4.78, 5) is 15.5. The Balaban J connectivity index is 2.79. The van der Waals surface area contributed by atoms with Crippen LogP contribution in [0.2, 0.25) is 0 Å². The van der Waals surface area contributed by atoms with Crippen molar-refractivity contribution >= 4 is 5.91 Å². The van der Waals surface area contributed by atoms with Crippen molar-refractivity contribution < 1.29 is 9.18 Å². The van der Waals surface area contributed by atoms with E-state index in [0.717, 1.165) is 6.42 Å². The van der Waals surface area contributed by atoms with E-state index in [0.29, 0.717) is 0 Å². The van der Waals surface area contributed by atoms with E-state index >= 15 is 0 Å². The molecule has 3 nitrogen and oxygen atoms in total. The van der Waals surface area contributed by atoms with Gasteiger partial charge in [0.05, 0.1) is 5.56 Å². The first-order chi connectivity index (χ1) is 8.11. The van der Waals surface area contributed by atoms with Crippen LogP contribution in [-0.2, 0) is 0 Å². The molecular weight excluding hydrogens is 231 g/mol. The van der Waals surface area contributed by atoms with E-state index in [1.807, 2.05) is 13.8 Å². The lowest BCUT2D eigenvalue weighted by Gasteiger charge is -2.33. The Morgan fingerprint density at radius 2 is 1.94 bits per heavy atom. The summed E-state index contributed by atoms with van der Waals surface area (Å²) >= 11 is 0. The van der Waals surface area contributed by atoms with Crippen molar-refractivity contribution in [3.8, 4) is 0 Å². The molecule has 18 heavy (non-hydrogen) atoms. The Hall–Kier alpha value is -1.45. The molecule has 1 aromatic rings. The third-order valence-electron chi connectivity index (χ3n) is 2.43. The second-order valence-electron chi connectivity index (χ2n) is 6.42. The molecule has 1 heterocycles. The molecule has 0 aliphatic carbocycles. The first-order valence-electron chi connectivity index (χ1n) is 6.04. The highest BCUT2D eigenvalue weighted by Crippen LogP contribution is 2.27. The summed E-state index contributed by atoms with van der Waals surface area (Å²) in [6.07, 6.45) is 2.13. The van der Waals surface area contributed by atoms with Crippen molar-refractivity contribution in [3.05, 3.63) is 29.8 Å². The summed E-state index contributed by atoms with van der Waals surface area (Å²) in [6.45, 7) is 10.2. The lowest BCUT2D eigenvalue weighted by atomic mass is 9.81. The molecule has 0 atom stereocenters. The van der Waals surface area contributed by atoms with Crippen molar-refractivity contribution in [2.75, 3.05) is 0 Å². The highest BCUT2D eigenvalue weighted by atomic mass is 19.1. The van der Waals surface area contributed by atoms with Crippen LogP contribution in [0, 0.1) is 11.4 Å². The van der Waals surface area contributed by atoms with Gasteiger partial charge in [-0.05, 0) is 37.8 Å². The van der Waals surface area contributed by atoms with Crippen molar-refractivity contribution in [2.45, 2.75) is 46.6 Å². The van der Waals surface area contributed by atoms with Gasteiger partial charge in [0.1, 0.15) is 0 Å². The number of nitrogens with zero attached hydrogens (tertiary/aromatic N) is 1. The van der Waals surface area contributed by atoms with Crippen LogP contribution < -0.4 is 5.32 Å². The predicted octanol–water partition coefficient (Wildman–Crippen LogP) is 3.17. The Morgan fingerprint density at radius 3 is 2.44 bits per heavy atom. The smallest absolute Gasteiger partial charge is 0.256 e. The largest absolute Gasteiger partial charge is 0.347 e. The second-order valence-corrected chi connectivity index (χ2v) is 6.42. The number of rotatable bonds is 3. The first-order valence-corrected chi connectivity index (χ1v) is 6.04. The molecule has 1 aromatic heterocycles. The summed E-state index contributed by atoms with van der Waals surface area (Å²) in [7, 11) is 0. The Bertz CT molecular complexity index is 436. The molecule has 1 N–H and O–H groups in total. The van der Waals surface area contributed by atoms with Gasteiger partial charge in [0, 0.05) is 11.7 Å². The first kappa shape index (κ1) is 14.6. The molecule has 0 aromatic carbocycles. The van der Waals surface area contributed by atoms with E-state index in [1.54, 1.807) is 6.07 Å². The molecule has 0 aliphatic heterocycles. The molecule has 1 rings (SSSR count). The normalized spacial score (nSPS) is 12.3. The predicted molar refractivity (Wildman–Crippen MR) is 69.8 cm³/mol. The van der Waals surface area contributed by atoms with Crippen LogP contribution in [0.15, 0.2) is 18.3 Å². The maximum atomic E-state index is 13.4. The fourth-order valence-electron chi connectivity index (χ4n) is 2.30. The molecule has 0 fully saturated rings. The van der Waals surface area contributed by atoms with Crippen LogP contribution in [0.3, 0.4) is 0 Å². The number of amides is 1. The van der Waals surface area contributed by atoms with E-state index < -0.39 is 17.4 Å². The van der Waals surface area contributed by atoms with Gasteiger partial charge in [-0.3, -0.25) is 4.79 Å². The standard InChI is InChI=1S/C14H21FN2O/c1-13(2,3)9-14(4,5)17-12(18)10-7-6-8-16-11(10)15/h6-8H,9H2,1-5H3,(H,17,18). The van der Waals surface area contributed by atoms with Crippen molar-refractivity contribution in [3.63, 3.8) is 0 Å². The van der Waals surface area contributed by atoms with E-state index in [-0.39, 0.29) is 11.0 Å². The van der Waals surface area contributed by atoms with E-state index in [9.17, 15) is 9.18 Å². The monoisotopic (exact) mass is 252 g/mol. The number of hydrogen-bond acceptors (Lipinski definition) is 2. The van der Waals surface area contributed by atoms with E-state index in [2.05, 4.69) is 31.1 Å². The summed E-state index contributed by atoms with van der Waals surface area (Å²) in [5.74, 6) is -1.16. The fourth-order valence-corrected chi connectivity index (χ4v) is 2.30. The number of carbonyl (C=O) groups excluding carboxylic acids is 1. The zero-order chi connectivity index (χ0) is 14.0. The number of carbonyl (C=O) groups is 1. The van der Waals surface area contributed by atoms with Gasteiger partial charge in [-0.15, -0.1) is 0 Å². The van der Waals surface area contributed by atoms with Crippen LogP contribution in [0.4, 0.5) is 4.39 Å². The lowest BCUT2D eigenvalue weighted by molar-refractivity contribution is 0.0886. The van der Waals surface area contributed by atoms with Gasteiger partial charge in [0.2, 0.25) is 5.95 Å². The second kappa shape index (κ2) is 5.04. The molecule has 0 saturated carbocycles. The molecule has 0 unspecified atom stereocenters. The van der Waals surface area contributed by atoms with Gasteiger partial charge in [-0.25, -0.2) is 4.98 Å². The van der Waals surface area contributed by atoms with Gasteiger partial charge in [0.25, 0.3) is 5.91 Å². The molecule has 100 valence electrons. The van der Waals surface area contributed by atoms with Crippen molar-refractivity contribution in [1.29, 1.82) is 0 Å². The minimum absolute atomic E-state index is 0.0144. The quantitative estimate of drug-likeness (QED) is 0.840. The Labute approximate surface area is 108 Å². The maximum Gasteiger partial charge on any atom is 0.256 e. The molecular formula is C14H21FN2O. The zero-order valence-corrected chi connectivity index (χ0v) is 11.7. The van der Waals surface area contributed by atoms with Crippen LogP contribution >= 0.6 is 0 Å². The highest BCUT2D eigenvalue weighted by molar-refractivity contribution is 5.94. The molecule has 0 bridgehead atoms. The average molecular weight is 252 g/mol. The number of nitrogens with one attached hydrogen (secondary N) is 1. The topological polar surface area (TPSA) is 42.0 Å². The van der Waals surface area contributed by atoms with Gasteiger partial charge in [0.15, 0.2) is 0 Å². The summed E-state index contributed by atoms with van der Waals surface area (Å²) in [6, 6.07) is 2.99. The zero-order valence-electron chi connectivity index (χ0n) is 11.7. The summed E-state index contributed by atoms with van der Waals surface area (Å²) < 4.78 is 13.4. The lowest BCUT2D eigenvalue weighted by Crippen LogP contribution is -2.46. The summed E-state index contributed by atoms with van der Waals surface area (Å²) in [5, 5.41) is 2.85. The SMILES string of the molecule is CC(C)(C)CC(C)(C)NC(=O)c1cccnc1F. The average Bonchev–Trinajstić information content (AvgIpc) is 2.12. The summed E-state index contributed by atoms with van der Waals surface area (Å²) in [5.41, 5.74) is -0.318. The van der Waals surface area contributed by atoms with Crippen LogP contribution in [0.25, 0.3) is 0 Å². The Morgan fingerprint density at radius 1 is 1.33 bits per heavy atom. The minimum Gasteiger partial charge on any atom is -0.347 e. The van der Waals surface area contributed by atoms with Crippen LogP contribution in [-0.4, -0.2) is 16.4 Å². The molecule has 1 amide bonds. The van der Waals surface area contributed by atoms with Crippen molar-refractivity contribution in [2.24, 2.45) is 5.41 Å². The number of hydrogen-bond donors (Lipinski definition) is 1. The maximum absolute atomic E-state index is 13.4. The fraction of sp³-hybridized carbons (Fsp3) is 0.571. The highest BCUT2D eigenvalue weighted by Gasteiger charge is 2.28. The number of pyridine rings is 1. The van der Waals surface area contributed by atoms with E-state index in [1.165, 1.54) is 12.3 Å². The van der Waals surface area contributed by atoms with Gasteiger partial charge < -0.3 is 5.32 Å². The van der Waals surface area contributed by atoms with Gasteiger partial charge in [-0.1, -0.05) is 20.8 Å². The van der Waals surface area contributed by atoms with Crippen molar-refractivity contribution in [1.82, 2.24) is 10.3 Å². The molecule has 4 heteroatoms. The molecule has 0 saturated heterocycles. The van der Waals surface area contributed by atoms with Crippen LogP contribution in [0.1, 0.15) is 51.4 Å². The Kier molecular flexibility index (Phi) is 4.09. The number of aromatic nitrogens is 1. The van der Waals surface area contributed by atoms with Gasteiger partial charge in [-0.2, -0.15) is 4.39 Å². The molecule has 0 radical (unpaired) electrons.